The Hall–Kier alpha value is -2.81. The van der Waals surface area contributed by atoms with Crippen molar-refractivity contribution >= 4 is 29.3 Å². The summed E-state index contributed by atoms with van der Waals surface area (Å²) in [4.78, 5) is 43.8. The van der Waals surface area contributed by atoms with Crippen LogP contribution in [0, 0.1) is 5.41 Å². The molecule has 2 fully saturated rings. The predicted octanol–water partition coefficient (Wildman–Crippen LogP) is 2.78. The Morgan fingerprint density at radius 1 is 0.971 bits per heavy atom. The first-order chi connectivity index (χ1) is 16.2. The van der Waals surface area contributed by atoms with Crippen LogP contribution in [-0.4, -0.2) is 87.2 Å². The lowest BCUT2D eigenvalue weighted by atomic mass is 9.92. The molecule has 0 aromatic heterocycles. The van der Waals surface area contributed by atoms with Crippen LogP contribution >= 0.6 is 0 Å². The fraction of sp³-hybridized carbons (Fsp3) is 0.640. The molecule has 2 N–H and O–H groups in total. The van der Waals surface area contributed by atoms with Gasteiger partial charge in [-0.3, -0.25) is 9.59 Å². The quantitative estimate of drug-likeness (QED) is 0.699. The maximum absolute atomic E-state index is 13.2. The van der Waals surface area contributed by atoms with E-state index in [0.717, 1.165) is 44.7 Å². The van der Waals surface area contributed by atoms with Crippen molar-refractivity contribution in [2.45, 2.75) is 40.0 Å². The first kappa shape index (κ1) is 25.8. The topological polar surface area (TPSA) is 94.2 Å². The van der Waals surface area contributed by atoms with E-state index in [1.807, 2.05) is 37.8 Å². The molecular weight excluding hydrogens is 434 g/mol. The molecule has 0 aliphatic carbocycles. The average Bonchev–Trinajstić information content (AvgIpc) is 3.20. The number of rotatable bonds is 4. The molecule has 2 saturated heterocycles. The molecular formula is C25H39N5O4. The van der Waals surface area contributed by atoms with E-state index in [1.165, 1.54) is 7.11 Å². The zero-order valence-corrected chi connectivity index (χ0v) is 21.0. The van der Waals surface area contributed by atoms with Crippen molar-refractivity contribution in [3.8, 4) is 0 Å². The van der Waals surface area contributed by atoms with Crippen LogP contribution in [0.2, 0.25) is 0 Å². The number of anilines is 2. The highest BCUT2D eigenvalue weighted by Gasteiger charge is 2.24. The number of amides is 3. The molecule has 2 heterocycles. The molecule has 3 rings (SSSR count). The van der Waals surface area contributed by atoms with E-state index in [4.69, 9.17) is 4.74 Å². The Morgan fingerprint density at radius 2 is 1.74 bits per heavy atom. The van der Waals surface area contributed by atoms with Crippen molar-refractivity contribution in [1.29, 1.82) is 0 Å². The van der Waals surface area contributed by atoms with E-state index in [-0.39, 0.29) is 23.3 Å². The number of carbonyl (C=O) groups is 3. The van der Waals surface area contributed by atoms with Gasteiger partial charge in [-0.1, -0.05) is 20.8 Å². The number of methoxy groups -OCH3 is 1. The van der Waals surface area contributed by atoms with Crippen LogP contribution < -0.4 is 15.5 Å². The molecule has 1 aromatic carbocycles. The van der Waals surface area contributed by atoms with E-state index < -0.39 is 0 Å². The summed E-state index contributed by atoms with van der Waals surface area (Å²) < 4.78 is 4.88. The maximum atomic E-state index is 13.2. The minimum atomic E-state index is -0.326. The second kappa shape index (κ2) is 11.6. The lowest BCUT2D eigenvalue weighted by molar-refractivity contribution is -0.117. The summed E-state index contributed by atoms with van der Waals surface area (Å²) in [7, 11) is 1.39. The molecule has 9 heteroatoms. The fourth-order valence-corrected chi connectivity index (χ4v) is 4.42. The van der Waals surface area contributed by atoms with Gasteiger partial charge in [-0.15, -0.1) is 0 Å². The number of carbonyl (C=O) groups excluding carboxylic acids is 3. The number of hydrogen-bond acceptors (Lipinski definition) is 6. The smallest absolute Gasteiger partial charge is 0.409 e. The van der Waals surface area contributed by atoms with E-state index in [9.17, 15) is 14.4 Å². The Balaban J connectivity index is 1.86. The van der Waals surface area contributed by atoms with Crippen molar-refractivity contribution in [2.24, 2.45) is 5.41 Å². The first-order valence-electron chi connectivity index (χ1n) is 12.2. The van der Waals surface area contributed by atoms with Gasteiger partial charge >= 0.3 is 6.09 Å². The van der Waals surface area contributed by atoms with Gasteiger partial charge in [0.05, 0.1) is 18.5 Å². The van der Waals surface area contributed by atoms with Gasteiger partial charge in [-0.2, -0.15) is 0 Å². The third-order valence-corrected chi connectivity index (χ3v) is 6.11. The van der Waals surface area contributed by atoms with Crippen molar-refractivity contribution < 1.29 is 19.1 Å². The second-order valence-corrected chi connectivity index (χ2v) is 10.2. The third kappa shape index (κ3) is 7.09. The van der Waals surface area contributed by atoms with E-state index >= 15 is 0 Å². The molecule has 34 heavy (non-hydrogen) atoms. The van der Waals surface area contributed by atoms with Crippen molar-refractivity contribution in [1.82, 2.24) is 15.1 Å². The van der Waals surface area contributed by atoms with Gasteiger partial charge in [0.15, 0.2) is 0 Å². The Morgan fingerprint density at radius 3 is 2.47 bits per heavy atom. The van der Waals surface area contributed by atoms with E-state index in [1.54, 1.807) is 11.0 Å². The second-order valence-electron chi connectivity index (χ2n) is 10.2. The highest BCUT2D eigenvalue weighted by atomic mass is 16.5. The summed E-state index contributed by atoms with van der Waals surface area (Å²) in [5, 5.41) is 6.39. The molecule has 2 aliphatic heterocycles. The molecule has 0 unspecified atom stereocenters. The summed E-state index contributed by atoms with van der Waals surface area (Å²) in [6.07, 6.45) is 1.75. The van der Waals surface area contributed by atoms with Crippen LogP contribution in [0.1, 0.15) is 50.4 Å². The molecule has 2 aliphatic rings. The van der Waals surface area contributed by atoms with Gasteiger partial charge in [0.1, 0.15) is 0 Å². The van der Waals surface area contributed by atoms with Crippen LogP contribution in [0.25, 0.3) is 0 Å². The number of hydrogen-bond donors (Lipinski definition) is 2. The van der Waals surface area contributed by atoms with Gasteiger partial charge in [-0.25, -0.2) is 4.79 Å². The van der Waals surface area contributed by atoms with Crippen molar-refractivity contribution in [3.05, 3.63) is 23.8 Å². The van der Waals surface area contributed by atoms with Crippen LogP contribution in [0.15, 0.2) is 18.2 Å². The lowest BCUT2D eigenvalue weighted by Gasteiger charge is -2.27. The average molecular weight is 474 g/mol. The van der Waals surface area contributed by atoms with E-state index in [0.29, 0.717) is 43.9 Å². The van der Waals surface area contributed by atoms with Crippen LogP contribution in [0.3, 0.4) is 0 Å². The third-order valence-electron chi connectivity index (χ3n) is 6.11. The summed E-state index contributed by atoms with van der Waals surface area (Å²) in [6, 6.07) is 5.57. The van der Waals surface area contributed by atoms with Gasteiger partial charge in [0.2, 0.25) is 5.91 Å². The zero-order valence-electron chi connectivity index (χ0n) is 21.0. The predicted molar refractivity (Wildman–Crippen MR) is 133 cm³/mol. The van der Waals surface area contributed by atoms with E-state index in [2.05, 4.69) is 15.5 Å². The van der Waals surface area contributed by atoms with Gasteiger partial charge in [-0.05, 0) is 43.0 Å². The van der Waals surface area contributed by atoms with Crippen molar-refractivity contribution in [3.63, 3.8) is 0 Å². The highest BCUT2D eigenvalue weighted by Crippen LogP contribution is 2.30. The largest absolute Gasteiger partial charge is 0.453 e. The number of nitrogens with zero attached hydrogens (tertiary/aromatic N) is 3. The Labute approximate surface area is 202 Å². The monoisotopic (exact) mass is 473 g/mol. The zero-order chi connectivity index (χ0) is 24.7. The molecule has 0 bridgehead atoms. The van der Waals surface area contributed by atoms with Crippen molar-refractivity contribution in [2.75, 3.05) is 69.7 Å². The summed E-state index contributed by atoms with van der Waals surface area (Å²) >= 11 is 0. The Kier molecular flexibility index (Phi) is 8.77. The fourth-order valence-electron chi connectivity index (χ4n) is 4.42. The standard InChI is InChI=1S/C25H39N5O4/c1-25(2,3)18-22(31)27-20-17-19(23(32)29-11-5-9-26-10-14-29)7-8-21(20)28-12-6-13-30(16-15-28)24(33)34-4/h7-8,17,26H,5-6,9-16,18H2,1-4H3,(H,27,31). The molecule has 3 amide bonds. The summed E-state index contributed by atoms with van der Waals surface area (Å²) in [6.45, 7) is 11.7. The first-order valence-corrected chi connectivity index (χ1v) is 12.2. The van der Waals surface area contributed by atoms with Crippen LogP contribution in [-0.2, 0) is 9.53 Å². The minimum absolute atomic E-state index is 0.0192. The molecule has 1 aromatic rings. The molecule has 0 atom stereocenters. The molecule has 188 valence electrons. The molecule has 0 saturated carbocycles. The van der Waals surface area contributed by atoms with Gasteiger partial charge < -0.3 is 30.1 Å². The van der Waals surface area contributed by atoms with Crippen LogP contribution in [0.5, 0.6) is 0 Å². The van der Waals surface area contributed by atoms with Gasteiger partial charge in [0.25, 0.3) is 5.91 Å². The number of benzene rings is 1. The summed E-state index contributed by atoms with van der Waals surface area (Å²) in [5.74, 6) is -0.0994. The highest BCUT2D eigenvalue weighted by molar-refractivity contribution is 6.00. The molecule has 0 radical (unpaired) electrons. The summed E-state index contributed by atoms with van der Waals surface area (Å²) in [5.41, 5.74) is 1.92. The molecule has 0 spiro atoms. The van der Waals surface area contributed by atoms with Crippen LogP contribution in [0.4, 0.5) is 16.2 Å². The number of nitrogens with one attached hydrogen (secondary N) is 2. The molecule has 9 nitrogen and oxygen atoms in total. The Bertz CT molecular complexity index is 875. The van der Waals surface area contributed by atoms with Gasteiger partial charge in [0, 0.05) is 57.8 Å². The number of ether oxygens (including phenoxy) is 1. The lowest BCUT2D eigenvalue weighted by Crippen LogP contribution is -2.35. The maximum Gasteiger partial charge on any atom is 0.409 e. The SMILES string of the molecule is COC(=O)N1CCCN(c2ccc(C(=O)N3CCCNCC3)cc2NC(=O)CC(C)(C)C)CC1. The minimum Gasteiger partial charge on any atom is -0.453 e. The normalized spacial score (nSPS) is 17.6.